The highest BCUT2D eigenvalue weighted by Gasteiger charge is 2.27. The summed E-state index contributed by atoms with van der Waals surface area (Å²) in [4.78, 5) is 30.0. The van der Waals surface area contributed by atoms with Crippen LogP contribution >= 0.6 is 0 Å². The first-order valence-corrected chi connectivity index (χ1v) is 48.0. The minimum atomic E-state index is 0.693. The van der Waals surface area contributed by atoms with E-state index in [1.165, 1.54) is 11.1 Å². The lowest BCUT2D eigenvalue weighted by molar-refractivity contribution is 1.14. The third-order valence-corrected chi connectivity index (χ3v) is 27.1. The predicted molar refractivity (Wildman–Crippen MR) is 588 cm³/mol. The van der Waals surface area contributed by atoms with E-state index in [1.54, 1.807) is 0 Å². The quantitative estimate of drug-likeness (QED) is 0.0627. The number of para-hydroxylation sites is 6. The van der Waals surface area contributed by atoms with Gasteiger partial charge < -0.3 is 28.7 Å². The Morgan fingerprint density at radius 3 is 0.745 bits per heavy atom. The van der Waals surface area contributed by atoms with Crippen LogP contribution in [0.15, 0.2) is 516 Å². The summed E-state index contributed by atoms with van der Waals surface area (Å²) in [6.07, 6.45) is 0. The van der Waals surface area contributed by atoms with Gasteiger partial charge in [-0.15, -0.1) is 0 Å². The van der Waals surface area contributed by atoms with Crippen LogP contribution in [0.5, 0.6) is 0 Å². The van der Waals surface area contributed by atoms with E-state index in [9.17, 15) is 0 Å². The largest absolute Gasteiger partial charge is 0.310 e. The molecule has 0 unspecified atom stereocenters. The molecule has 141 heavy (non-hydrogen) atoms. The first-order chi connectivity index (χ1) is 69.6. The van der Waals surface area contributed by atoms with Crippen LogP contribution in [0.4, 0.5) is 68.2 Å². The molecule has 0 radical (unpaired) electrons. The number of benzene rings is 20. The molecule has 4 heterocycles. The summed E-state index contributed by atoms with van der Waals surface area (Å²) in [5.41, 5.74) is 39.0. The summed E-state index contributed by atoms with van der Waals surface area (Å²) in [6.45, 7) is 6.69. The fourth-order valence-electron chi connectivity index (χ4n) is 20.2. The van der Waals surface area contributed by atoms with Gasteiger partial charge in [-0.2, -0.15) is 0 Å². The summed E-state index contributed by atoms with van der Waals surface area (Å²) >= 11 is 0. The molecule has 0 aliphatic carbocycles. The number of rotatable bonds is 23. The summed E-state index contributed by atoms with van der Waals surface area (Å²) in [5.74, 6) is 1.39. The lowest BCUT2D eigenvalue weighted by Gasteiger charge is -2.26. The molecule has 0 aliphatic heterocycles. The molecule has 24 rings (SSSR count). The van der Waals surface area contributed by atoms with Crippen molar-refractivity contribution in [2.24, 2.45) is 0 Å². The van der Waals surface area contributed by atoms with Gasteiger partial charge in [0, 0.05) is 135 Å². The highest BCUT2D eigenvalue weighted by molar-refractivity contribution is 6.14. The molecule has 0 bridgehead atoms. The highest BCUT2D eigenvalue weighted by atomic mass is 15.2. The molecule has 24 aromatic rings. The van der Waals surface area contributed by atoms with E-state index in [1.807, 2.05) is 48.5 Å². The van der Waals surface area contributed by atoms with E-state index in [4.69, 9.17) is 19.9 Å². The fourth-order valence-corrected chi connectivity index (χ4v) is 20.2. The van der Waals surface area contributed by atoms with Crippen molar-refractivity contribution in [1.29, 1.82) is 0 Å². The Hall–Kier alpha value is -18.6. The van der Waals surface area contributed by atoms with E-state index < -0.39 is 0 Å². The van der Waals surface area contributed by atoms with Gasteiger partial charge in [-0.05, 0) is 283 Å². The molecule has 4 aromatic heterocycles. The normalized spacial score (nSPS) is 11.4. The van der Waals surface area contributed by atoms with Crippen molar-refractivity contribution in [3.05, 3.63) is 532 Å². The van der Waals surface area contributed by atoms with Crippen LogP contribution in [0.2, 0.25) is 0 Å². The Morgan fingerprint density at radius 1 is 0.163 bits per heavy atom. The second kappa shape index (κ2) is 37.2. The minimum absolute atomic E-state index is 0.693. The summed E-state index contributed by atoms with van der Waals surface area (Å²) < 4.78 is 4.91. The van der Waals surface area contributed by atoms with Crippen LogP contribution in [0, 0.1) is 20.8 Å². The molecule has 0 aliphatic rings. The zero-order valence-electron chi connectivity index (χ0n) is 78.0. The van der Waals surface area contributed by atoms with Gasteiger partial charge in [0.1, 0.15) is 0 Å². The molecule has 0 saturated heterocycles. The van der Waals surface area contributed by atoms with Crippen LogP contribution in [-0.4, -0.2) is 29.1 Å². The van der Waals surface area contributed by atoms with E-state index in [0.29, 0.717) is 11.6 Å². The maximum Gasteiger partial charge on any atom is 0.160 e. The molecule has 0 spiro atoms. The van der Waals surface area contributed by atoms with Crippen LogP contribution in [0.3, 0.4) is 0 Å². The molecular weight excluding hydrogens is 1710 g/mol. The average Bonchev–Trinajstić information content (AvgIpc) is 1.58. The van der Waals surface area contributed by atoms with E-state index in [-0.39, 0.29) is 0 Å². The lowest BCUT2D eigenvalue weighted by atomic mass is 9.95. The predicted octanol–water partition coefficient (Wildman–Crippen LogP) is 35.3. The fraction of sp³-hybridized carbons (Fsp3) is 0.0229. The van der Waals surface area contributed by atoms with Gasteiger partial charge in [-0.25, -0.2) is 19.9 Å². The standard InChI is InChI=1S/C131H94N10/c1-89-80-101(124-88-122(97-36-16-5-17-37-97)133-131(135-124)100-40-20-7-21-41-100)64-75-115(89)94-62-69-110(70-63-94)140-125-76-71-111(136(102-42-22-8-23-43-102)103-44-24-9-25-45-103)83-117(125)118-84-113(72-77-126(118)140)138(106-50-30-12-31-51-106)108-65-58-92(59-66-108)93-60-67-109(68-61-93)139(107-52-32-13-33-53-107)114-74-79-128-120(86-114)119-85-112(137(104-46-26-10-27-47-104)105-48-28-11-29-49-105)73-78-127(119)141(128)129-82-90(2)116(81-91(129)3)95-54-56-98(57-55-95)123-87-121(96-34-14-4-15-35-96)132-130(134-123)99-38-18-6-19-39-99/h4-88H,1-3H3. The number of fused-ring (bicyclic) bond motifs is 6. The minimum Gasteiger partial charge on any atom is -0.310 e. The van der Waals surface area contributed by atoms with Crippen molar-refractivity contribution in [3.63, 3.8) is 0 Å². The van der Waals surface area contributed by atoms with Gasteiger partial charge in [0.2, 0.25) is 0 Å². The van der Waals surface area contributed by atoms with Gasteiger partial charge in [-0.3, -0.25) is 0 Å². The Balaban J connectivity index is 0.570. The summed E-state index contributed by atoms with van der Waals surface area (Å²) in [5, 5.41) is 4.51. The maximum atomic E-state index is 5.18. The molecule has 668 valence electrons. The second-order valence-corrected chi connectivity index (χ2v) is 35.9. The maximum absolute atomic E-state index is 5.18. The number of aromatic nitrogens is 6. The van der Waals surface area contributed by atoms with Crippen LogP contribution in [0.1, 0.15) is 16.7 Å². The van der Waals surface area contributed by atoms with Crippen molar-refractivity contribution in [2.75, 3.05) is 19.6 Å². The summed E-state index contributed by atoms with van der Waals surface area (Å²) in [7, 11) is 0. The number of hydrogen-bond acceptors (Lipinski definition) is 8. The number of hydrogen-bond donors (Lipinski definition) is 0. The van der Waals surface area contributed by atoms with E-state index in [0.717, 1.165) is 218 Å². The third kappa shape index (κ3) is 16.6. The first kappa shape index (κ1) is 85.3. The molecule has 10 nitrogen and oxygen atoms in total. The lowest BCUT2D eigenvalue weighted by Crippen LogP contribution is -2.10. The average molecular weight is 1810 g/mol. The zero-order chi connectivity index (χ0) is 94.2. The monoisotopic (exact) mass is 1810 g/mol. The molecule has 20 aromatic carbocycles. The summed E-state index contributed by atoms with van der Waals surface area (Å²) in [6, 6.07) is 185. The van der Waals surface area contributed by atoms with Gasteiger partial charge in [0.15, 0.2) is 11.6 Å². The molecular formula is C131H94N10. The van der Waals surface area contributed by atoms with Crippen molar-refractivity contribution < 1.29 is 0 Å². The topological polar surface area (TPSA) is 74.4 Å². The first-order valence-electron chi connectivity index (χ1n) is 48.0. The second-order valence-electron chi connectivity index (χ2n) is 35.9. The van der Waals surface area contributed by atoms with Crippen LogP contribution in [0.25, 0.3) is 156 Å². The molecule has 10 heteroatoms. The number of anilines is 12. The van der Waals surface area contributed by atoms with Gasteiger partial charge in [0.05, 0.1) is 44.8 Å². The number of aryl methyl sites for hydroxylation is 3. The Morgan fingerprint density at radius 2 is 0.411 bits per heavy atom. The Labute approximate surface area is 820 Å². The van der Waals surface area contributed by atoms with E-state index >= 15 is 0 Å². The molecule has 0 atom stereocenters. The van der Waals surface area contributed by atoms with Gasteiger partial charge in [-0.1, -0.05) is 303 Å². The molecule has 0 N–H and O–H groups in total. The molecule has 0 fully saturated rings. The van der Waals surface area contributed by atoms with Crippen molar-refractivity contribution in [3.8, 4) is 113 Å². The van der Waals surface area contributed by atoms with E-state index in [2.05, 4.69) is 517 Å². The van der Waals surface area contributed by atoms with Crippen molar-refractivity contribution in [2.45, 2.75) is 20.8 Å². The van der Waals surface area contributed by atoms with Crippen LogP contribution < -0.4 is 19.6 Å². The van der Waals surface area contributed by atoms with Crippen molar-refractivity contribution >= 4 is 112 Å². The van der Waals surface area contributed by atoms with Crippen LogP contribution in [-0.2, 0) is 0 Å². The SMILES string of the molecule is Cc1cc(-c2cc(-c3ccccc3)nc(-c3ccccc3)n2)ccc1-c1ccc(-n2c3ccc(N(c4ccccc4)c4ccccc4)cc3c3cc(N(c4ccccc4)c4ccc(-c5ccc(N(c6ccccc6)c6ccc7c(c6)c6cc(N(c8ccccc8)c8ccccc8)ccc6n7-c6cc(C)c(-c7ccc(-c8cc(-c9ccccc9)nc(-c9ccccc9)n8)cc7)cc6C)cc5)cc4)ccc32)cc1. The Bertz CT molecular complexity index is 8480. The van der Waals surface area contributed by atoms with Gasteiger partial charge >= 0.3 is 0 Å². The zero-order valence-corrected chi connectivity index (χ0v) is 78.0. The third-order valence-electron chi connectivity index (χ3n) is 27.1. The van der Waals surface area contributed by atoms with Crippen molar-refractivity contribution in [1.82, 2.24) is 29.1 Å². The smallest absolute Gasteiger partial charge is 0.160 e. The highest BCUT2D eigenvalue weighted by Crippen LogP contribution is 2.49. The molecule has 0 saturated carbocycles. The van der Waals surface area contributed by atoms with Gasteiger partial charge in [0.25, 0.3) is 0 Å². The molecule has 0 amide bonds. The Kier molecular flexibility index (Phi) is 22.5. The number of nitrogens with zero attached hydrogens (tertiary/aromatic N) is 10.